The molecule has 0 aromatic heterocycles. The zero-order valence-electron chi connectivity index (χ0n) is 71.6. The second kappa shape index (κ2) is 43.7. The van der Waals surface area contributed by atoms with Crippen LogP contribution >= 0.6 is 0 Å². The minimum absolute atomic E-state index is 0. The molecule has 119 heavy (non-hydrogen) atoms. The molecule has 2 saturated heterocycles. The summed E-state index contributed by atoms with van der Waals surface area (Å²) in [4.78, 5) is 80.1. The maximum absolute atomic E-state index is 16.9. The first-order valence-electron chi connectivity index (χ1n) is 40.8. The molecule has 18 atom stereocenters. The Bertz CT molecular complexity index is 4470. The van der Waals surface area contributed by atoms with E-state index in [1.54, 1.807) is 87.4 Å². The second-order valence-corrected chi connectivity index (χ2v) is 35.0. The molecule has 644 valence electrons. The Morgan fingerprint density at radius 2 is 1.00 bits per heavy atom. The SMILES string of the molecule is C.C.CN(C)C[C@@H](N)Cc1ccccc1.C[C@@H]1[C@@H](NC(=O)[C@@H]2[C@H]([C@H](C)O)[C@H](CN=[N+]=[N-])ON2Cc2cccc(-c3cc(C(=O)N[C@@H](Cc4ccccc4)CN(C)C)cc(N(C)C)c3)c2F)C[C@H]2C[C@@H]1C2(C)C.C[C@@H]1[C@@H](NC(=O)[C@@H]2[C@H]([C@H](C)O)[C@H](CN=[N+]=[N-])ON2Cc2cccc(-c3cc(C(=O)O)cc(N(C)C)c3)c2F)C[C@H]2C[C@@H]1C2(C)C.[3H][B].[U]. The van der Waals surface area contributed by atoms with E-state index in [1.165, 1.54) is 27.8 Å². The maximum atomic E-state index is 16.9. The molecule has 0 unspecified atom stereocenters. The van der Waals surface area contributed by atoms with Crippen LogP contribution in [0.4, 0.5) is 20.2 Å². The number of likely N-dealkylation sites (N-methyl/N-ethyl adjacent to an activating group) is 2. The molecule has 2 radical (unpaired) electrons. The standard InChI is InChI=1S/C44H59FN8O4.C33H43FN6O5.C11H18N2.2CH4.BH.U/c1-26-36-21-32(44(36,3)4)22-37(26)49-43(56)41-39(27(2)54)38(23-47-50-46)57-53(41)24-29-15-12-16-35(40(29)45)30-18-31(20-34(19-30)52(7)8)42(55)48-33(25-51(5)6)17-28-13-10-9-11-14-28;1-17-25-13-22(33(25,3)4)14-26(17)37-31(42)30-28(18(2)41)27(15-36-38-35)45-40(30)16-19-8-7-9-24(29(19)34)20-10-21(32(43)44)12-23(11-20)39(5)6;1-13(2)9-11(12)8-10-6-4-3-5-7-10;;;;/h9-16,18-20,26-27,32-33,36-39,41,54H,17,21-25H2,1-8H3,(H,48,55)(H,49,56);7-12,17-18,22,25-28,30,41H,13-16H2,1-6H3,(H,37,42)(H,43,44);3-7,11H,8-9,12H2,1-2H3;2*1H4;1H;/t26-,27-,32+,33-,36-,37-,38-,39+,41-;17-,18-,22+,25-,26-,27-,28+,30-;11-;;;;/m000..../s1/i;;;;;1T;. The smallest absolute Gasteiger partial charge is 0.335 e. The average molecular weight is 1870 g/mol. The Morgan fingerprint density at radius 3 is 1.36 bits per heavy atom. The second-order valence-electron chi connectivity index (χ2n) is 35.0. The fraction of sp³-hybridized carbons (Fsp3) is 0.556. The van der Waals surface area contributed by atoms with Gasteiger partial charge >= 0.3 is 5.97 Å². The van der Waals surface area contributed by atoms with E-state index in [0.717, 1.165) is 49.9 Å². The van der Waals surface area contributed by atoms with E-state index < -0.39 is 65.9 Å². The fourth-order valence-electron chi connectivity index (χ4n) is 18.9. The van der Waals surface area contributed by atoms with Gasteiger partial charge in [-0.2, -0.15) is 10.1 Å². The molecule has 3 amide bonds. The van der Waals surface area contributed by atoms with Gasteiger partial charge in [-0.05, 0) is 198 Å². The van der Waals surface area contributed by atoms with Crippen molar-refractivity contribution in [2.45, 2.75) is 183 Å². The number of aliphatic hydroxyl groups excluding tert-OH is 2. The molecule has 6 aliphatic carbocycles. The van der Waals surface area contributed by atoms with Gasteiger partial charge in [0.25, 0.3) is 5.91 Å². The summed E-state index contributed by atoms with van der Waals surface area (Å²) in [6.45, 7) is 17.8. The topological polar surface area (TPSA) is 327 Å². The normalized spacial score (nSPS) is 25.1. The number of amides is 3. The number of nitrogens with zero attached hydrogens (tertiary/aromatic N) is 12. The Labute approximate surface area is 730 Å². The Morgan fingerprint density at radius 1 is 0.605 bits per heavy atom. The van der Waals surface area contributed by atoms with Gasteiger partial charge in [0.15, 0.2) is 0 Å². The number of hydrogen-bond acceptors (Lipinski definition) is 17. The molecule has 8 aliphatic rings. The number of azide groups is 2. The van der Waals surface area contributed by atoms with Crippen molar-refractivity contribution >= 4 is 43.4 Å². The van der Waals surface area contributed by atoms with Crippen LogP contribution < -0.4 is 31.5 Å². The first kappa shape index (κ1) is 98.2. The Hall–Kier alpha value is -7.96. The number of aliphatic hydroxyl groups is 2. The van der Waals surface area contributed by atoms with Crippen LogP contribution in [-0.4, -0.2) is 212 Å². The van der Waals surface area contributed by atoms with Gasteiger partial charge in [0.1, 0.15) is 23.7 Å². The van der Waals surface area contributed by atoms with E-state index in [0.29, 0.717) is 59.0 Å². The van der Waals surface area contributed by atoms with Gasteiger partial charge < -0.3 is 56.6 Å². The Balaban J connectivity index is 0.000000316. The van der Waals surface area contributed by atoms with Gasteiger partial charge in [0, 0.05) is 166 Å². The van der Waals surface area contributed by atoms with E-state index >= 15 is 8.78 Å². The number of benzene rings is 6. The van der Waals surface area contributed by atoms with Crippen molar-refractivity contribution in [1.82, 2.24) is 35.9 Å². The van der Waals surface area contributed by atoms with Crippen molar-refractivity contribution in [3.8, 4) is 22.3 Å². The van der Waals surface area contributed by atoms with Crippen molar-refractivity contribution in [2.24, 2.45) is 74.1 Å². The third kappa shape index (κ3) is 23.9. The van der Waals surface area contributed by atoms with Crippen LogP contribution in [0.15, 0.2) is 144 Å². The van der Waals surface area contributed by atoms with Crippen molar-refractivity contribution < 1.29 is 84.1 Å². The van der Waals surface area contributed by atoms with E-state index in [-0.39, 0.29) is 165 Å². The molecule has 6 saturated carbocycles. The van der Waals surface area contributed by atoms with E-state index in [1.807, 2.05) is 94.6 Å². The van der Waals surface area contributed by atoms with Crippen molar-refractivity contribution in [3.05, 3.63) is 199 Å². The van der Waals surface area contributed by atoms with E-state index in [9.17, 15) is 34.5 Å². The van der Waals surface area contributed by atoms with Crippen molar-refractivity contribution in [1.29, 1.82) is 1.34 Å². The summed E-state index contributed by atoms with van der Waals surface area (Å²) >= 11 is 0. The molecule has 25 nitrogen and oxygen atoms in total. The number of carbonyl (C=O) groups is 4. The number of anilines is 2. The van der Waals surface area contributed by atoms with Gasteiger partial charge in [-0.15, -0.1) is 0 Å². The van der Waals surface area contributed by atoms with Gasteiger partial charge in [-0.25, -0.2) is 13.6 Å². The zero-order valence-corrected chi connectivity index (χ0v) is 74.8. The van der Waals surface area contributed by atoms with Gasteiger partial charge in [-0.1, -0.05) is 164 Å². The first-order valence-corrected chi connectivity index (χ1v) is 40.2. The summed E-state index contributed by atoms with van der Waals surface area (Å²) in [5.41, 5.74) is 30.6. The average Bonchev–Trinajstić information content (AvgIpc) is 0.820. The third-order valence-corrected chi connectivity index (χ3v) is 25.4. The molecule has 8 N–H and O–H groups in total. The van der Waals surface area contributed by atoms with Crippen LogP contribution in [0, 0.1) is 101 Å². The summed E-state index contributed by atoms with van der Waals surface area (Å²) in [5.74, 6) is -1.97. The number of carbonyl (C=O) groups excluding carboxylic acids is 3. The number of hydroxylamine groups is 4. The summed E-state index contributed by atoms with van der Waals surface area (Å²) in [6.07, 6.45) is 2.10. The molecule has 29 heteroatoms. The molecule has 6 aromatic rings. The van der Waals surface area contributed by atoms with Crippen molar-refractivity contribution in [3.63, 3.8) is 0 Å². The monoisotopic (exact) mass is 1870 g/mol. The molecule has 14 rings (SSSR count). The number of carboxylic acid groups (broad SMARTS) is 1. The number of hydrogen-bond donors (Lipinski definition) is 7. The molecular weight excluding hydrogens is 1740 g/mol. The van der Waals surface area contributed by atoms with Crippen LogP contribution in [0.2, 0.25) is 0 Å². The molecule has 4 bridgehead atoms. The van der Waals surface area contributed by atoms with Crippen LogP contribution in [0.5, 0.6) is 0 Å². The van der Waals surface area contributed by atoms with E-state index in [4.69, 9.17) is 27.8 Å². The van der Waals surface area contributed by atoms with Crippen LogP contribution in [0.1, 0.15) is 139 Å². The minimum Gasteiger partial charge on any atom is -0.478 e. The van der Waals surface area contributed by atoms with E-state index in [2.05, 4.69) is 115 Å². The third-order valence-electron chi connectivity index (χ3n) is 25.4. The predicted octanol–water partition coefficient (Wildman–Crippen LogP) is 13.4. The number of nitrogens with one attached hydrogen (secondary N) is 3. The van der Waals surface area contributed by atoms with Gasteiger partial charge in [0.05, 0.1) is 56.2 Å². The molecular formula is C90H129BF2N16O9U. The molecule has 6 aromatic carbocycles. The van der Waals surface area contributed by atoms with Crippen LogP contribution in [-0.2, 0) is 45.2 Å². The number of rotatable bonds is 29. The van der Waals surface area contributed by atoms with Crippen LogP contribution in [0.3, 0.4) is 0 Å². The van der Waals surface area contributed by atoms with Crippen molar-refractivity contribution in [2.75, 3.05) is 92.4 Å². The summed E-state index contributed by atoms with van der Waals surface area (Å²) in [5, 5.41) is 51.5. The maximum Gasteiger partial charge on any atom is 0.335 e. The summed E-state index contributed by atoms with van der Waals surface area (Å²) in [6, 6.07) is 38.4. The minimum atomic E-state index is -1.13. The Kier molecular flexibility index (Phi) is 36.0. The molecule has 0 spiro atoms. The largest absolute Gasteiger partial charge is 0.478 e. The molecule has 8 fully saturated rings. The van der Waals surface area contributed by atoms with Gasteiger partial charge in [-0.3, -0.25) is 24.1 Å². The summed E-state index contributed by atoms with van der Waals surface area (Å²) < 4.78 is 38.4. The fourth-order valence-corrected chi connectivity index (χ4v) is 18.9. The quantitative estimate of drug-likeness (QED) is 0.00993. The summed E-state index contributed by atoms with van der Waals surface area (Å²) in [7, 11) is 19.1. The number of halogens is 2. The number of aromatic carboxylic acids is 1. The number of fused-ring (bicyclic) bond motifs is 4. The molecule has 2 aliphatic heterocycles. The number of nitrogens with two attached hydrogens (primary N) is 1. The predicted molar refractivity (Wildman–Crippen MR) is 465 cm³/mol. The van der Waals surface area contributed by atoms with Gasteiger partial charge in [0.2, 0.25) is 11.8 Å². The first-order chi connectivity index (χ1) is 55.5. The number of carboxylic acids is 1. The zero-order chi connectivity index (χ0) is 85.7. The molecule has 2 heterocycles. The van der Waals surface area contributed by atoms with Crippen LogP contribution in [0.25, 0.3) is 43.1 Å².